The van der Waals surface area contributed by atoms with Gasteiger partial charge in [0.05, 0.1) is 11.7 Å². The molecule has 2 rings (SSSR count). The Hall–Kier alpha value is -1.88. The molecule has 1 amide bonds. The number of nitrogens with zero attached hydrogens (tertiary/aromatic N) is 1. The number of fused-ring (bicyclic) bond motifs is 1. The number of benzene rings is 1. The lowest BCUT2D eigenvalue weighted by Gasteiger charge is -2.29. The van der Waals surface area contributed by atoms with E-state index in [1.807, 2.05) is 13.0 Å². The zero-order valence-electron chi connectivity index (χ0n) is 12.5. The van der Waals surface area contributed by atoms with E-state index in [9.17, 15) is 9.59 Å². The minimum Gasteiger partial charge on any atom is -0.478 e. The molecule has 1 unspecified atom stereocenters. The Kier molecular flexibility index (Phi) is 4.96. The lowest BCUT2D eigenvalue weighted by Crippen LogP contribution is -2.36. The molecule has 0 spiro atoms. The number of hydrogen-bond acceptors (Lipinski definition) is 3. The number of carbonyl (C=O) groups is 2. The second-order valence-corrected chi connectivity index (χ2v) is 5.44. The summed E-state index contributed by atoms with van der Waals surface area (Å²) in [5.74, 6) is -0.833. The van der Waals surface area contributed by atoms with Crippen LogP contribution in [0.2, 0.25) is 0 Å². The third kappa shape index (κ3) is 3.82. The molecule has 1 atom stereocenters. The summed E-state index contributed by atoms with van der Waals surface area (Å²) in [6, 6.07) is 5.15. The molecule has 114 valence electrons. The summed E-state index contributed by atoms with van der Waals surface area (Å²) in [5.41, 5.74) is 2.35. The maximum Gasteiger partial charge on any atom is 0.335 e. The van der Waals surface area contributed by atoms with E-state index < -0.39 is 5.97 Å². The summed E-state index contributed by atoms with van der Waals surface area (Å²) in [7, 11) is 1.64. The number of ether oxygens (including phenoxy) is 1. The van der Waals surface area contributed by atoms with Gasteiger partial charge in [0, 0.05) is 26.6 Å². The molecule has 21 heavy (non-hydrogen) atoms. The highest BCUT2D eigenvalue weighted by Crippen LogP contribution is 2.21. The zero-order chi connectivity index (χ0) is 15.4. The van der Waals surface area contributed by atoms with Gasteiger partial charge in [0.1, 0.15) is 0 Å². The highest BCUT2D eigenvalue weighted by Gasteiger charge is 2.21. The number of methoxy groups -OCH3 is 1. The van der Waals surface area contributed by atoms with Crippen molar-refractivity contribution in [3.05, 3.63) is 34.9 Å². The molecule has 1 aliphatic rings. The van der Waals surface area contributed by atoms with Gasteiger partial charge in [-0.25, -0.2) is 4.79 Å². The van der Waals surface area contributed by atoms with Gasteiger partial charge in [-0.2, -0.15) is 0 Å². The van der Waals surface area contributed by atoms with Gasteiger partial charge in [-0.3, -0.25) is 4.79 Å². The molecule has 0 aromatic heterocycles. The standard InChI is InChI=1S/C16H21NO4/c1-11(21-2)3-6-15(18)17-8-7-12-4-5-13(16(19)20)9-14(12)10-17/h4-5,9,11H,3,6-8,10H2,1-2H3,(H,19,20). The van der Waals surface area contributed by atoms with Crippen LogP contribution in [0, 0.1) is 0 Å². The normalized spacial score (nSPS) is 15.4. The maximum absolute atomic E-state index is 12.2. The Labute approximate surface area is 124 Å². The van der Waals surface area contributed by atoms with Crippen molar-refractivity contribution in [1.82, 2.24) is 4.90 Å². The van der Waals surface area contributed by atoms with Gasteiger partial charge in [-0.1, -0.05) is 6.07 Å². The van der Waals surface area contributed by atoms with Gasteiger partial charge in [-0.15, -0.1) is 0 Å². The smallest absolute Gasteiger partial charge is 0.335 e. The first kappa shape index (κ1) is 15.5. The van der Waals surface area contributed by atoms with E-state index >= 15 is 0 Å². The van der Waals surface area contributed by atoms with Crippen LogP contribution in [0.3, 0.4) is 0 Å². The van der Waals surface area contributed by atoms with Crippen molar-refractivity contribution < 1.29 is 19.4 Å². The van der Waals surface area contributed by atoms with E-state index in [2.05, 4.69) is 0 Å². The predicted octanol–water partition coefficient (Wildman–Crippen LogP) is 2.08. The molecule has 0 aliphatic carbocycles. The molecular formula is C16H21NO4. The molecule has 0 radical (unpaired) electrons. The van der Waals surface area contributed by atoms with Crippen LogP contribution in [0.25, 0.3) is 0 Å². The molecule has 1 aromatic rings. The van der Waals surface area contributed by atoms with Crippen LogP contribution in [0.5, 0.6) is 0 Å². The summed E-state index contributed by atoms with van der Waals surface area (Å²) in [6.07, 6.45) is 2.02. The fraction of sp³-hybridized carbons (Fsp3) is 0.500. The lowest BCUT2D eigenvalue weighted by atomic mass is 9.97. The molecule has 0 saturated heterocycles. The lowest BCUT2D eigenvalue weighted by molar-refractivity contribution is -0.132. The number of amides is 1. The monoisotopic (exact) mass is 291 g/mol. The zero-order valence-corrected chi connectivity index (χ0v) is 12.5. The first-order chi connectivity index (χ1) is 10.0. The van der Waals surface area contributed by atoms with Gasteiger partial charge in [-0.05, 0) is 43.0 Å². The van der Waals surface area contributed by atoms with Crippen molar-refractivity contribution in [2.45, 2.75) is 38.8 Å². The second kappa shape index (κ2) is 6.72. The van der Waals surface area contributed by atoms with Crippen LogP contribution >= 0.6 is 0 Å². The molecule has 0 saturated carbocycles. The number of hydrogen-bond donors (Lipinski definition) is 1. The fourth-order valence-corrected chi connectivity index (χ4v) is 2.51. The fourth-order valence-electron chi connectivity index (χ4n) is 2.51. The van der Waals surface area contributed by atoms with Crippen LogP contribution in [0.1, 0.15) is 41.3 Å². The summed E-state index contributed by atoms with van der Waals surface area (Å²) in [5, 5.41) is 9.04. The highest BCUT2D eigenvalue weighted by atomic mass is 16.5. The van der Waals surface area contributed by atoms with Gasteiger partial charge < -0.3 is 14.7 Å². The van der Waals surface area contributed by atoms with E-state index in [1.54, 1.807) is 24.1 Å². The van der Waals surface area contributed by atoms with Gasteiger partial charge in [0.15, 0.2) is 0 Å². The Balaban J connectivity index is 2.02. The Bertz CT molecular complexity index is 541. The van der Waals surface area contributed by atoms with Crippen LogP contribution in [-0.2, 0) is 22.5 Å². The Morgan fingerprint density at radius 2 is 2.14 bits per heavy atom. The minimum atomic E-state index is -0.935. The van der Waals surface area contributed by atoms with E-state index in [0.29, 0.717) is 25.9 Å². The third-order valence-electron chi connectivity index (χ3n) is 3.99. The van der Waals surface area contributed by atoms with Crippen LogP contribution in [0.15, 0.2) is 18.2 Å². The van der Waals surface area contributed by atoms with Crippen molar-refractivity contribution in [2.24, 2.45) is 0 Å². The van der Waals surface area contributed by atoms with E-state index in [1.165, 1.54) is 0 Å². The molecule has 0 bridgehead atoms. The van der Waals surface area contributed by atoms with Crippen molar-refractivity contribution in [3.63, 3.8) is 0 Å². The highest BCUT2D eigenvalue weighted by molar-refractivity contribution is 5.88. The SMILES string of the molecule is COC(C)CCC(=O)N1CCc2ccc(C(=O)O)cc2C1. The molecule has 0 fully saturated rings. The van der Waals surface area contributed by atoms with E-state index in [0.717, 1.165) is 17.5 Å². The number of carboxylic acid groups (broad SMARTS) is 1. The summed E-state index contributed by atoms with van der Waals surface area (Å²) in [6.45, 7) is 3.13. The first-order valence-electron chi connectivity index (χ1n) is 7.17. The van der Waals surface area contributed by atoms with E-state index in [-0.39, 0.29) is 17.6 Å². The summed E-state index contributed by atoms with van der Waals surface area (Å²) in [4.78, 5) is 25.0. The topological polar surface area (TPSA) is 66.8 Å². The number of rotatable bonds is 5. The maximum atomic E-state index is 12.2. The Morgan fingerprint density at radius 3 is 2.81 bits per heavy atom. The summed E-state index contributed by atoms with van der Waals surface area (Å²) < 4.78 is 5.15. The largest absolute Gasteiger partial charge is 0.478 e. The van der Waals surface area contributed by atoms with Crippen molar-refractivity contribution in [3.8, 4) is 0 Å². The average molecular weight is 291 g/mol. The second-order valence-electron chi connectivity index (χ2n) is 5.44. The minimum absolute atomic E-state index is 0.0737. The number of aromatic carboxylic acids is 1. The first-order valence-corrected chi connectivity index (χ1v) is 7.17. The van der Waals surface area contributed by atoms with Crippen LogP contribution in [0.4, 0.5) is 0 Å². The molecule has 1 aliphatic heterocycles. The summed E-state index contributed by atoms with van der Waals surface area (Å²) >= 11 is 0. The Morgan fingerprint density at radius 1 is 1.38 bits per heavy atom. The quantitative estimate of drug-likeness (QED) is 0.902. The van der Waals surface area contributed by atoms with Crippen LogP contribution in [-0.4, -0.2) is 41.6 Å². The molecular weight excluding hydrogens is 270 g/mol. The van der Waals surface area contributed by atoms with Gasteiger partial charge in [0.25, 0.3) is 0 Å². The van der Waals surface area contributed by atoms with Crippen molar-refractivity contribution in [2.75, 3.05) is 13.7 Å². The van der Waals surface area contributed by atoms with E-state index in [4.69, 9.17) is 9.84 Å². The molecule has 5 heteroatoms. The molecule has 1 heterocycles. The number of carbonyl (C=O) groups excluding carboxylic acids is 1. The van der Waals surface area contributed by atoms with Crippen LogP contribution < -0.4 is 0 Å². The van der Waals surface area contributed by atoms with Crippen molar-refractivity contribution >= 4 is 11.9 Å². The molecule has 1 N–H and O–H groups in total. The molecule has 5 nitrogen and oxygen atoms in total. The predicted molar refractivity (Wildman–Crippen MR) is 78.2 cm³/mol. The average Bonchev–Trinajstić information content (AvgIpc) is 2.50. The molecule has 1 aromatic carbocycles. The van der Waals surface area contributed by atoms with Gasteiger partial charge in [0.2, 0.25) is 5.91 Å². The number of carboxylic acids is 1. The van der Waals surface area contributed by atoms with Crippen molar-refractivity contribution in [1.29, 1.82) is 0 Å². The van der Waals surface area contributed by atoms with Gasteiger partial charge >= 0.3 is 5.97 Å². The third-order valence-corrected chi connectivity index (χ3v) is 3.99.